The van der Waals surface area contributed by atoms with Crippen LogP contribution in [0.4, 0.5) is 5.69 Å². The van der Waals surface area contributed by atoms with Gasteiger partial charge in [-0.3, -0.25) is 4.79 Å². The van der Waals surface area contributed by atoms with Crippen molar-refractivity contribution in [3.63, 3.8) is 0 Å². The summed E-state index contributed by atoms with van der Waals surface area (Å²) < 4.78 is 10.3. The van der Waals surface area contributed by atoms with Gasteiger partial charge < -0.3 is 14.8 Å². The number of hydrogen-bond acceptors (Lipinski definition) is 3. The molecule has 1 amide bonds. The Morgan fingerprint density at radius 2 is 1.86 bits per heavy atom. The van der Waals surface area contributed by atoms with Crippen molar-refractivity contribution in [3.05, 3.63) is 60.2 Å². The van der Waals surface area contributed by atoms with E-state index >= 15 is 0 Å². The monoisotopic (exact) mass is 283 g/mol. The summed E-state index contributed by atoms with van der Waals surface area (Å²) in [7, 11) is 3.19. The molecule has 108 valence electrons. The molecule has 2 aromatic rings. The molecule has 0 spiro atoms. The smallest absolute Gasteiger partial charge is 0.248 e. The van der Waals surface area contributed by atoms with E-state index in [1.807, 2.05) is 36.4 Å². The van der Waals surface area contributed by atoms with E-state index in [-0.39, 0.29) is 5.91 Å². The fraction of sp³-hybridized carbons (Fsp3) is 0.118. The van der Waals surface area contributed by atoms with Gasteiger partial charge in [-0.15, -0.1) is 0 Å². The Balaban J connectivity index is 2.05. The van der Waals surface area contributed by atoms with Crippen LogP contribution in [-0.2, 0) is 4.79 Å². The van der Waals surface area contributed by atoms with Crippen molar-refractivity contribution in [2.75, 3.05) is 19.5 Å². The fourth-order valence-electron chi connectivity index (χ4n) is 1.85. The lowest BCUT2D eigenvalue weighted by atomic mass is 10.2. The molecule has 21 heavy (non-hydrogen) atoms. The maximum absolute atomic E-state index is 11.9. The second kappa shape index (κ2) is 7.14. The highest BCUT2D eigenvalue weighted by Crippen LogP contribution is 2.19. The molecule has 0 fully saturated rings. The maximum Gasteiger partial charge on any atom is 0.248 e. The van der Waals surface area contributed by atoms with Crippen LogP contribution in [0.25, 0.3) is 6.08 Å². The number of carbonyl (C=O) groups is 1. The van der Waals surface area contributed by atoms with E-state index in [0.29, 0.717) is 11.4 Å². The lowest BCUT2D eigenvalue weighted by molar-refractivity contribution is -0.111. The van der Waals surface area contributed by atoms with Crippen LogP contribution in [-0.4, -0.2) is 20.1 Å². The highest BCUT2D eigenvalue weighted by atomic mass is 16.5. The number of anilines is 1. The van der Waals surface area contributed by atoms with Crippen molar-refractivity contribution in [1.29, 1.82) is 0 Å². The quantitative estimate of drug-likeness (QED) is 0.856. The average Bonchev–Trinajstić information content (AvgIpc) is 2.53. The van der Waals surface area contributed by atoms with Crippen molar-refractivity contribution >= 4 is 17.7 Å². The molecule has 1 N–H and O–H groups in total. The normalized spacial score (nSPS) is 10.4. The van der Waals surface area contributed by atoms with Crippen LogP contribution in [0.2, 0.25) is 0 Å². The van der Waals surface area contributed by atoms with Gasteiger partial charge in [0.1, 0.15) is 11.5 Å². The van der Waals surface area contributed by atoms with E-state index in [9.17, 15) is 4.79 Å². The minimum Gasteiger partial charge on any atom is -0.497 e. The van der Waals surface area contributed by atoms with E-state index in [2.05, 4.69) is 5.32 Å². The van der Waals surface area contributed by atoms with Gasteiger partial charge in [0.15, 0.2) is 0 Å². The Bertz CT molecular complexity index is 650. The van der Waals surface area contributed by atoms with Gasteiger partial charge in [-0.25, -0.2) is 0 Å². The number of hydrogen-bond donors (Lipinski definition) is 1. The van der Waals surface area contributed by atoms with Gasteiger partial charge in [0.05, 0.1) is 14.2 Å². The highest BCUT2D eigenvalue weighted by molar-refractivity contribution is 6.02. The summed E-state index contributed by atoms with van der Waals surface area (Å²) in [6.45, 7) is 0. The van der Waals surface area contributed by atoms with Crippen LogP contribution < -0.4 is 14.8 Å². The predicted octanol–water partition coefficient (Wildman–Crippen LogP) is 3.36. The third-order valence-corrected chi connectivity index (χ3v) is 2.89. The van der Waals surface area contributed by atoms with E-state index < -0.39 is 0 Å². The first-order valence-electron chi connectivity index (χ1n) is 6.49. The summed E-state index contributed by atoms with van der Waals surface area (Å²) in [6, 6.07) is 14.7. The SMILES string of the molecule is COc1cccc(NC(=O)C=Cc2ccccc2OC)c1. The van der Waals surface area contributed by atoms with Gasteiger partial charge in [-0.1, -0.05) is 24.3 Å². The summed E-state index contributed by atoms with van der Waals surface area (Å²) in [5.41, 5.74) is 1.53. The Morgan fingerprint density at radius 1 is 1.05 bits per heavy atom. The van der Waals surface area contributed by atoms with Gasteiger partial charge >= 0.3 is 0 Å². The zero-order valence-corrected chi connectivity index (χ0v) is 12.0. The minimum absolute atomic E-state index is 0.214. The lowest BCUT2D eigenvalue weighted by Gasteiger charge is -2.05. The number of methoxy groups -OCH3 is 2. The van der Waals surface area contributed by atoms with Crippen LogP contribution in [0.1, 0.15) is 5.56 Å². The summed E-state index contributed by atoms with van der Waals surface area (Å²) >= 11 is 0. The second-order valence-corrected chi connectivity index (χ2v) is 4.30. The standard InChI is InChI=1S/C17H17NO3/c1-20-15-8-5-7-14(12-15)18-17(19)11-10-13-6-3-4-9-16(13)21-2/h3-12H,1-2H3,(H,18,19). The van der Waals surface area contributed by atoms with Crippen molar-refractivity contribution in [3.8, 4) is 11.5 Å². The van der Waals surface area contributed by atoms with Gasteiger partial charge in [0.2, 0.25) is 5.91 Å². The lowest BCUT2D eigenvalue weighted by Crippen LogP contribution is -2.07. The summed E-state index contributed by atoms with van der Waals surface area (Å²) in [4.78, 5) is 11.9. The van der Waals surface area contributed by atoms with Crippen LogP contribution in [0, 0.1) is 0 Å². The zero-order chi connectivity index (χ0) is 15.1. The van der Waals surface area contributed by atoms with Crippen LogP contribution in [0.15, 0.2) is 54.6 Å². The number of benzene rings is 2. The van der Waals surface area contributed by atoms with Gasteiger partial charge in [-0.2, -0.15) is 0 Å². The third-order valence-electron chi connectivity index (χ3n) is 2.89. The van der Waals surface area contributed by atoms with E-state index in [1.165, 1.54) is 6.08 Å². The molecule has 0 aliphatic rings. The molecule has 0 heterocycles. The molecule has 2 rings (SSSR count). The number of nitrogens with one attached hydrogen (secondary N) is 1. The molecular formula is C17H17NO3. The molecular weight excluding hydrogens is 266 g/mol. The molecule has 0 saturated carbocycles. The number of para-hydroxylation sites is 1. The van der Waals surface area contributed by atoms with Crippen LogP contribution >= 0.6 is 0 Å². The number of carbonyl (C=O) groups excluding carboxylic acids is 1. The van der Waals surface area contributed by atoms with E-state index in [1.54, 1.807) is 32.4 Å². The second-order valence-electron chi connectivity index (χ2n) is 4.30. The molecule has 0 bridgehead atoms. The molecule has 2 aromatic carbocycles. The molecule has 4 heteroatoms. The molecule has 0 aliphatic heterocycles. The predicted molar refractivity (Wildman–Crippen MR) is 83.7 cm³/mol. The summed E-state index contributed by atoms with van der Waals surface area (Å²) in [5.74, 6) is 1.21. The van der Waals surface area contributed by atoms with Crippen LogP contribution in [0.3, 0.4) is 0 Å². The van der Waals surface area contributed by atoms with Crippen molar-refractivity contribution in [1.82, 2.24) is 0 Å². The molecule has 0 aliphatic carbocycles. The van der Waals surface area contributed by atoms with Gasteiger partial charge in [0, 0.05) is 23.4 Å². The molecule has 0 aromatic heterocycles. The Kier molecular flexibility index (Phi) is 4.99. The first kappa shape index (κ1) is 14.7. The Hall–Kier alpha value is -2.75. The minimum atomic E-state index is -0.214. The average molecular weight is 283 g/mol. The third kappa shape index (κ3) is 4.11. The van der Waals surface area contributed by atoms with Gasteiger partial charge in [0.25, 0.3) is 0 Å². The molecule has 4 nitrogen and oxygen atoms in total. The first-order chi connectivity index (χ1) is 10.2. The Labute approximate surface area is 124 Å². The molecule has 0 saturated heterocycles. The summed E-state index contributed by atoms with van der Waals surface area (Å²) in [6.07, 6.45) is 3.19. The molecule has 0 atom stereocenters. The number of rotatable bonds is 5. The van der Waals surface area contributed by atoms with E-state index in [0.717, 1.165) is 11.3 Å². The Morgan fingerprint density at radius 3 is 2.62 bits per heavy atom. The highest BCUT2D eigenvalue weighted by Gasteiger charge is 2.01. The molecule has 0 radical (unpaired) electrons. The number of ether oxygens (including phenoxy) is 2. The van der Waals surface area contributed by atoms with Crippen molar-refractivity contribution in [2.24, 2.45) is 0 Å². The topological polar surface area (TPSA) is 47.6 Å². The maximum atomic E-state index is 11.9. The van der Waals surface area contributed by atoms with Crippen LogP contribution in [0.5, 0.6) is 11.5 Å². The first-order valence-corrected chi connectivity index (χ1v) is 6.49. The number of amides is 1. The van der Waals surface area contributed by atoms with E-state index in [4.69, 9.17) is 9.47 Å². The zero-order valence-electron chi connectivity index (χ0n) is 12.0. The fourth-order valence-corrected chi connectivity index (χ4v) is 1.85. The van der Waals surface area contributed by atoms with Gasteiger partial charge in [-0.05, 0) is 24.3 Å². The van der Waals surface area contributed by atoms with Crippen molar-refractivity contribution < 1.29 is 14.3 Å². The van der Waals surface area contributed by atoms with Crippen molar-refractivity contribution in [2.45, 2.75) is 0 Å². The largest absolute Gasteiger partial charge is 0.497 e. The summed E-state index contributed by atoms with van der Waals surface area (Å²) in [5, 5.41) is 2.78. The molecule has 0 unspecified atom stereocenters.